The van der Waals surface area contributed by atoms with Crippen LogP contribution in [0.1, 0.15) is 20.8 Å². The van der Waals surface area contributed by atoms with E-state index in [2.05, 4.69) is 5.32 Å². The van der Waals surface area contributed by atoms with Crippen molar-refractivity contribution < 1.29 is 44.5 Å². The highest BCUT2D eigenvalue weighted by atomic mass is 16.7. The molecule has 2 heterocycles. The van der Waals surface area contributed by atoms with Gasteiger partial charge in [0.25, 0.3) is 0 Å². The lowest BCUT2D eigenvalue weighted by Crippen LogP contribution is -2.65. The third-order valence-electron chi connectivity index (χ3n) is 4.31. The molecular weight excluding hydrogens is 326 g/mol. The molecule has 1 amide bonds. The number of aliphatic hydroxyl groups excluding tert-OH is 5. The molecule has 2 fully saturated rings. The lowest BCUT2D eigenvalue weighted by Gasteiger charge is -2.45. The maximum atomic E-state index is 11.2. The van der Waals surface area contributed by atoms with E-state index >= 15 is 0 Å². The number of hydrogen-bond acceptors (Lipinski definition) is 9. The Kier molecular flexibility index (Phi) is 6.15. The Morgan fingerprint density at radius 2 is 1.54 bits per heavy atom. The van der Waals surface area contributed by atoms with Gasteiger partial charge in [0.2, 0.25) is 5.91 Å². The Labute approximate surface area is 138 Å². The third kappa shape index (κ3) is 3.86. The van der Waals surface area contributed by atoms with Crippen molar-refractivity contribution in [1.29, 1.82) is 0 Å². The minimum absolute atomic E-state index is 0.395. The van der Waals surface area contributed by atoms with Gasteiger partial charge in [-0.1, -0.05) is 0 Å². The molecule has 0 aromatic carbocycles. The first-order valence-corrected chi connectivity index (χ1v) is 7.77. The van der Waals surface area contributed by atoms with Crippen molar-refractivity contribution in [1.82, 2.24) is 5.32 Å². The number of aliphatic hydroxyl groups is 5. The van der Waals surface area contributed by atoms with E-state index in [-0.39, 0.29) is 0 Å². The van der Waals surface area contributed by atoms with Crippen molar-refractivity contribution in [3.63, 3.8) is 0 Å². The Balaban J connectivity index is 2.08. The van der Waals surface area contributed by atoms with E-state index in [0.717, 1.165) is 0 Å². The van der Waals surface area contributed by atoms with Gasteiger partial charge in [0.15, 0.2) is 12.6 Å². The molecule has 0 aromatic rings. The van der Waals surface area contributed by atoms with Gasteiger partial charge in [0, 0.05) is 6.92 Å². The highest BCUT2D eigenvalue weighted by Crippen LogP contribution is 2.28. The predicted octanol–water partition coefficient (Wildman–Crippen LogP) is -3.20. The molecule has 0 saturated carbocycles. The van der Waals surface area contributed by atoms with Crippen LogP contribution in [0.15, 0.2) is 0 Å². The van der Waals surface area contributed by atoms with Crippen LogP contribution in [0.4, 0.5) is 0 Å². The fourth-order valence-electron chi connectivity index (χ4n) is 2.91. The average molecular weight is 351 g/mol. The summed E-state index contributed by atoms with van der Waals surface area (Å²) < 4.78 is 15.8. The second kappa shape index (κ2) is 7.58. The molecule has 0 aromatic heterocycles. The van der Waals surface area contributed by atoms with Crippen LogP contribution in [0.5, 0.6) is 0 Å². The van der Waals surface area contributed by atoms with Crippen molar-refractivity contribution in [3.8, 4) is 0 Å². The Bertz CT molecular complexity index is 436. The zero-order valence-electron chi connectivity index (χ0n) is 13.6. The summed E-state index contributed by atoms with van der Waals surface area (Å²) in [4.78, 5) is 11.2. The normalized spacial score (nSPS) is 49.7. The highest BCUT2D eigenvalue weighted by molar-refractivity contribution is 5.73. The van der Waals surface area contributed by atoms with Gasteiger partial charge in [-0.25, -0.2) is 0 Å². The van der Waals surface area contributed by atoms with E-state index in [1.165, 1.54) is 13.8 Å². The molecule has 0 aliphatic carbocycles. The van der Waals surface area contributed by atoms with Gasteiger partial charge in [-0.3, -0.25) is 4.79 Å². The molecule has 0 spiro atoms. The molecule has 10 nitrogen and oxygen atoms in total. The van der Waals surface area contributed by atoms with Crippen LogP contribution in [0.2, 0.25) is 0 Å². The summed E-state index contributed by atoms with van der Waals surface area (Å²) in [7, 11) is 0. The van der Waals surface area contributed by atoms with Crippen molar-refractivity contribution in [2.75, 3.05) is 0 Å². The average Bonchev–Trinajstić information content (AvgIpc) is 2.50. The molecule has 2 aliphatic rings. The summed E-state index contributed by atoms with van der Waals surface area (Å²) in [5.74, 6) is -0.395. The van der Waals surface area contributed by atoms with E-state index in [9.17, 15) is 30.3 Å². The summed E-state index contributed by atoms with van der Waals surface area (Å²) in [5.41, 5.74) is 0. The number of rotatable bonds is 3. The second-order valence-electron chi connectivity index (χ2n) is 6.23. The third-order valence-corrected chi connectivity index (χ3v) is 4.31. The van der Waals surface area contributed by atoms with E-state index < -0.39 is 67.3 Å². The van der Waals surface area contributed by atoms with Crippen molar-refractivity contribution >= 4 is 5.91 Å². The number of carbonyl (C=O) groups is 1. The monoisotopic (exact) mass is 351 g/mol. The van der Waals surface area contributed by atoms with Gasteiger partial charge in [-0.05, 0) is 13.8 Å². The predicted molar refractivity (Wildman–Crippen MR) is 77.4 cm³/mol. The smallest absolute Gasteiger partial charge is 0.217 e. The van der Waals surface area contributed by atoms with Gasteiger partial charge in [0.1, 0.15) is 30.5 Å². The quantitative estimate of drug-likeness (QED) is 0.308. The van der Waals surface area contributed by atoms with Crippen molar-refractivity contribution in [2.24, 2.45) is 0 Å². The first-order chi connectivity index (χ1) is 11.1. The van der Waals surface area contributed by atoms with E-state index in [1.54, 1.807) is 6.92 Å². The van der Waals surface area contributed by atoms with Crippen LogP contribution in [-0.4, -0.2) is 92.8 Å². The first kappa shape index (κ1) is 19.5. The lowest BCUT2D eigenvalue weighted by molar-refractivity contribution is -0.341. The van der Waals surface area contributed by atoms with Gasteiger partial charge < -0.3 is 45.1 Å². The van der Waals surface area contributed by atoms with Crippen molar-refractivity contribution in [3.05, 3.63) is 0 Å². The largest absolute Gasteiger partial charge is 0.388 e. The van der Waals surface area contributed by atoms with Crippen molar-refractivity contribution in [2.45, 2.75) is 82.1 Å². The molecule has 10 heteroatoms. The fraction of sp³-hybridized carbons (Fsp3) is 0.929. The second-order valence-corrected chi connectivity index (χ2v) is 6.23. The summed E-state index contributed by atoms with van der Waals surface area (Å²) >= 11 is 0. The van der Waals surface area contributed by atoms with E-state index in [0.29, 0.717) is 0 Å². The van der Waals surface area contributed by atoms with Gasteiger partial charge in [-0.2, -0.15) is 0 Å². The molecule has 2 saturated heterocycles. The van der Waals surface area contributed by atoms with Gasteiger partial charge in [-0.15, -0.1) is 0 Å². The number of carbonyl (C=O) groups excluding carboxylic acids is 1. The molecule has 0 unspecified atom stereocenters. The Morgan fingerprint density at radius 3 is 2.12 bits per heavy atom. The van der Waals surface area contributed by atoms with Crippen LogP contribution in [0.25, 0.3) is 0 Å². The molecule has 2 aliphatic heterocycles. The van der Waals surface area contributed by atoms with E-state index in [1.807, 2.05) is 0 Å². The SMILES string of the molecule is CC(=O)N[C@H]1[C@H](O)[C@H](O)[C@@H](O[C@@H]2[C@H](O)[C@H](C)O[C@@H](O)[C@H]2O)O[C@@H]1C. The maximum absolute atomic E-state index is 11.2. The Morgan fingerprint density at radius 1 is 0.917 bits per heavy atom. The number of ether oxygens (including phenoxy) is 3. The maximum Gasteiger partial charge on any atom is 0.217 e. The lowest BCUT2D eigenvalue weighted by atomic mass is 9.96. The summed E-state index contributed by atoms with van der Waals surface area (Å²) in [6.07, 6.45) is -11.5. The Hall–Kier alpha value is -0.850. The van der Waals surface area contributed by atoms with E-state index in [4.69, 9.17) is 14.2 Å². The number of nitrogens with one attached hydrogen (secondary N) is 1. The molecular formula is C14H25NO9. The zero-order chi connectivity index (χ0) is 18.2. The van der Waals surface area contributed by atoms with Crippen LogP contribution in [0.3, 0.4) is 0 Å². The molecule has 2 rings (SSSR count). The van der Waals surface area contributed by atoms with Gasteiger partial charge in [0.05, 0.1) is 18.2 Å². The highest BCUT2D eigenvalue weighted by Gasteiger charge is 2.49. The molecule has 10 atom stereocenters. The molecule has 0 bridgehead atoms. The first-order valence-electron chi connectivity index (χ1n) is 7.77. The standard InChI is InChI=1S/C14H25NO9/c1-4-7(15-6(3)16)9(18)10(19)14(23-4)24-12-8(17)5(2)22-13(21)11(12)20/h4-5,7-14,17-21H,1-3H3,(H,15,16)/t4-,5+,7-,8-,9+,10+,11+,12-,13-,14-/m1/s1. The van der Waals surface area contributed by atoms with Crippen LogP contribution in [0, 0.1) is 0 Å². The number of amides is 1. The van der Waals surface area contributed by atoms with Gasteiger partial charge >= 0.3 is 0 Å². The van der Waals surface area contributed by atoms with Crippen LogP contribution in [-0.2, 0) is 19.0 Å². The van der Waals surface area contributed by atoms with Crippen LogP contribution >= 0.6 is 0 Å². The molecule has 6 N–H and O–H groups in total. The minimum Gasteiger partial charge on any atom is -0.388 e. The molecule has 140 valence electrons. The summed E-state index contributed by atoms with van der Waals surface area (Å²) in [5, 5.41) is 52.4. The zero-order valence-corrected chi connectivity index (χ0v) is 13.6. The molecule has 0 radical (unpaired) electrons. The number of hydrogen-bond donors (Lipinski definition) is 6. The topological polar surface area (TPSA) is 158 Å². The van der Waals surface area contributed by atoms with Crippen LogP contribution < -0.4 is 5.32 Å². The minimum atomic E-state index is -1.57. The molecule has 24 heavy (non-hydrogen) atoms. The fourth-order valence-corrected chi connectivity index (χ4v) is 2.91. The summed E-state index contributed by atoms with van der Waals surface area (Å²) in [6.45, 7) is 4.32. The summed E-state index contributed by atoms with van der Waals surface area (Å²) in [6, 6.07) is -0.841.